The Hall–Kier alpha value is -2.54. The van der Waals surface area contributed by atoms with Gasteiger partial charge in [-0.05, 0) is 25.5 Å². The SMILES string of the molecule is COc1cccc(S(=O)(=O)N(C)C[C@@H]2OCc3cn(nn3)CCCC(=O)N([C@H](C)CO)C[C@@H]2C)c1. The van der Waals surface area contributed by atoms with Crippen molar-refractivity contribution in [3.05, 3.63) is 36.2 Å². The Kier molecular flexibility index (Phi) is 9.22. The highest BCUT2D eigenvalue weighted by Crippen LogP contribution is 2.23. The number of hydrogen-bond donors (Lipinski definition) is 1. The van der Waals surface area contributed by atoms with Crippen LogP contribution in [0.4, 0.5) is 0 Å². The van der Waals surface area contributed by atoms with E-state index in [2.05, 4.69) is 10.3 Å². The Balaban J connectivity index is 1.86. The van der Waals surface area contributed by atoms with Crippen molar-refractivity contribution in [2.75, 3.05) is 33.9 Å². The quantitative estimate of drug-likeness (QED) is 0.589. The summed E-state index contributed by atoms with van der Waals surface area (Å²) in [5.41, 5.74) is 0.631. The van der Waals surface area contributed by atoms with Crippen LogP contribution in [0.3, 0.4) is 0 Å². The molecule has 0 aliphatic carbocycles. The molecular weight excluding hydrogens is 474 g/mol. The van der Waals surface area contributed by atoms with Gasteiger partial charge in [0.1, 0.15) is 11.4 Å². The smallest absolute Gasteiger partial charge is 0.243 e. The molecule has 0 radical (unpaired) electrons. The number of carbonyl (C=O) groups excluding carboxylic acids is 1. The molecule has 12 heteroatoms. The molecule has 1 amide bonds. The van der Waals surface area contributed by atoms with Crippen molar-refractivity contribution >= 4 is 15.9 Å². The van der Waals surface area contributed by atoms with Crippen LogP contribution in [0.5, 0.6) is 5.75 Å². The summed E-state index contributed by atoms with van der Waals surface area (Å²) >= 11 is 0. The summed E-state index contributed by atoms with van der Waals surface area (Å²) in [5, 5.41) is 17.9. The monoisotopic (exact) mass is 509 g/mol. The van der Waals surface area contributed by atoms with Gasteiger partial charge in [-0.25, -0.2) is 8.42 Å². The number of fused-ring (bicyclic) bond motifs is 2. The average Bonchev–Trinajstić information content (AvgIpc) is 3.31. The number of methoxy groups -OCH3 is 1. The summed E-state index contributed by atoms with van der Waals surface area (Å²) in [7, 11) is -0.836. The van der Waals surface area contributed by atoms with Gasteiger partial charge < -0.3 is 19.5 Å². The maximum Gasteiger partial charge on any atom is 0.243 e. The van der Waals surface area contributed by atoms with Gasteiger partial charge in [-0.1, -0.05) is 18.2 Å². The van der Waals surface area contributed by atoms with Gasteiger partial charge in [0.05, 0.1) is 43.6 Å². The molecule has 35 heavy (non-hydrogen) atoms. The zero-order valence-corrected chi connectivity index (χ0v) is 21.5. The van der Waals surface area contributed by atoms with E-state index < -0.39 is 16.1 Å². The third-order valence-corrected chi connectivity index (χ3v) is 8.05. The minimum absolute atomic E-state index is 0.0599. The second kappa shape index (κ2) is 11.9. The van der Waals surface area contributed by atoms with Crippen LogP contribution in [-0.4, -0.2) is 89.6 Å². The lowest BCUT2D eigenvalue weighted by atomic mass is 10.0. The topological polar surface area (TPSA) is 127 Å². The van der Waals surface area contributed by atoms with Crippen molar-refractivity contribution in [2.45, 2.75) is 56.9 Å². The molecule has 1 aromatic carbocycles. The van der Waals surface area contributed by atoms with Crippen molar-refractivity contribution in [3.63, 3.8) is 0 Å². The van der Waals surface area contributed by atoms with E-state index in [4.69, 9.17) is 9.47 Å². The van der Waals surface area contributed by atoms with Gasteiger partial charge in [0.2, 0.25) is 15.9 Å². The summed E-state index contributed by atoms with van der Waals surface area (Å²) in [6.45, 7) is 4.62. The van der Waals surface area contributed by atoms with E-state index in [0.29, 0.717) is 37.4 Å². The zero-order chi connectivity index (χ0) is 25.6. The number of sulfonamides is 1. The predicted octanol–water partition coefficient (Wildman–Crippen LogP) is 1.13. The van der Waals surface area contributed by atoms with Gasteiger partial charge in [-0.2, -0.15) is 4.31 Å². The molecule has 1 aliphatic rings. The fraction of sp³-hybridized carbons (Fsp3) is 0.609. The number of aliphatic hydroxyl groups is 1. The number of aryl methyl sites for hydroxylation is 1. The lowest BCUT2D eigenvalue weighted by Crippen LogP contribution is -2.47. The number of aliphatic hydroxyl groups excluding tert-OH is 1. The molecule has 3 atom stereocenters. The molecular formula is C23H35N5O6S. The first kappa shape index (κ1) is 27.1. The van der Waals surface area contributed by atoms with Crippen LogP contribution in [-0.2, 0) is 32.7 Å². The van der Waals surface area contributed by atoms with Gasteiger partial charge in [0.15, 0.2) is 0 Å². The zero-order valence-electron chi connectivity index (χ0n) is 20.7. The van der Waals surface area contributed by atoms with Gasteiger partial charge in [-0.15, -0.1) is 5.10 Å². The first-order valence-corrected chi connectivity index (χ1v) is 13.1. The van der Waals surface area contributed by atoms with E-state index in [1.165, 1.54) is 30.6 Å². The Morgan fingerprint density at radius 2 is 2.14 bits per heavy atom. The summed E-state index contributed by atoms with van der Waals surface area (Å²) in [5.74, 6) is 0.141. The van der Waals surface area contributed by atoms with Gasteiger partial charge >= 0.3 is 0 Å². The van der Waals surface area contributed by atoms with Crippen LogP contribution in [0, 0.1) is 5.92 Å². The minimum atomic E-state index is -3.82. The average molecular weight is 510 g/mol. The first-order chi connectivity index (χ1) is 16.6. The van der Waals surface area contributed by atoms with Gasteiger partial charge in [0.25, 0.3) is 0 Å². The van der Waals surface area contributed by atoms with Crippen LogP contribution in [0.1, 0.15) is 32.4 Å². The highest BCUT2D eigenvalue weighted by molar-refractivity contribution is 7.89. The molecule has 0 saturated carbocycles. The van der Waals surface area contributed by atoms with Crippen molar-refractivity contribution in [3.8, 4) is 5.75 Å². The molecule has 2 aromatic rings. The third kappa shape index (κ3) is 6.78. The Morgan fingerprint density at radius 3 is 2.86 bits per heavy atom. The number of amides is 1. The predicted molar refractivity (Wildman–Crippen MR) is 128 cm³/mol. The van der Waals surface area contributed by atoms with Crippen molar-refractivity contribution in [1.29, 1.82) is 0 Å². The van der Waals surface area contributed by atoms with Crippen molar-refractivity contribution in [2.24, 2.45) is 5.92 Å². The maximum atomic E-state index is 13.3. The van der Waals surface area contributed by atoms with Crippen LogP contribution in [0.25, 0.3) is 0 Å². The Bertz CT molecular complexity index is 1090. The van der Waals surface area contributed by atoms with Crippen molar-refractivity contribution in [1.82, 2.24) is 24.2 Å². The van der Waals surface area contributed by atoms with Gasteiger partial charge in [-0.3, -0.25) is 9.48 Å². The summed E-state index contributed by atoms with van der Waals surface area (Å²) in [6, 6.07) is 5.93. The molecule has 2 heterocycles. The molecule has 3 rings (SSSR count). The minimum Gasteiger partial charge on any atom is -0.497 e. The van der Waals surface area contributed by atoms with Crippen LogP contribution in [0.15, 0.2) is 35.4 Å². The number of benzene rings is 1. The lowest BCUT2D eigenvalue weighted by molar-refractivity contribution is -0.136. The molecule has 1 aromatic heterocycles. The number of ether oxygens (including phenoxy) is 2. The highest BCUT2D eigenvalue weighted by Gasteiger charge is 2.31. The van der Waals surface area contributed by atoms with E-state index in [1.54, 1.807) is 34.8 Å². The number of likely N-dealkylation sites (N-methyl/N-ethyl adjacent to an activating group) is 1. The number of hydrogen-bond acceptors (Lipinski definition) is 8. The molecule has 0 fully saturated rings. The fourth-order valence-electron chi connectivity index (χ4n) is 3.99. The number of rotatable bonds is 7. The number of carbonyl (C=O) groups is 1. The first-order valence-electron chi connectivity index (χ1n) is 11.7. The van der Waals surface area contributed by atoms with Gasteiger partial charge in [0, 0.05) is 45.1 Å². The van der Waals surface area contributed by atoms with E-state index in [0.717, 1.165) is 0 Å². The second-order valence-corrected chi connectivity index (χ2v) is 11.0. The third-order valence-electron chi connectivity index (χ3n) is 6.23. The normalized spacial score (nSPS) is 21.2. The fourth-order valence-corrected chi connectivity index (χ4v) is 5.20. The lowest BCUT2D eigenvalue weighted by Gasteiger charge is -2.35. The maximum absolute atomic E-state index is 13.3. The molecule has 1 aliphatic heterocycles. The Morgan fingerprint density at radius 1 is 1.37 bits per heavy atom. The Labute approximate surface area is 206 Å². The molecule has 2 bridgehead atoms. The molecule has 0 unspecified atom stereocenters. The number of aromatic nitrogens is 3. The van der Waals surface area contributed by atoms with E-state index in [-0.39, 0.29) is 42.5 Å². The molecule has 0 saturated heterocycles. The van der Waals surface area contributed by atoms with E-state index in [1.807, 2.05) is 6.92 Å². The number of nitrogens with zero attached hydrogens (tertiary/aromatic N) is 5. The highest BCUT2D eigenvalue weighted by atomic mass is 32.2. The molecule has 1 N–H and O–H groups in total. The molecule has 11 nitrogen and oxygen atoms in total. The summed E-state index contributed by atoms with van der Waals surface area (Å²) in [6.07, 6.45) is 2.13. The standard InChI is InChI=1S/C23H35N5O6S/c1-17-12-28(18(2)15-29)23(30)9-6-10-27-13-19(24-25-27)16-34-22(17)14-26(3)35(31,32)21-8-5-7-20(11-21)33-4/h5,7-8,11,13,17-18,22,29H,6,9-10,12,14-16H2,1-4H3/t17-,18+,22-/m0/s1. The molecule has 194 valence electrons. The summed E-state index contributed by atoms with van der Waals surface area (Å²) < 4.78 is 40.8. The van der Waals surface area contributed by atoms with Crippen molar-refractivity contribution < 1.29 is 27.8 Å². The second-order valence-electron chi connectivity index (χ2n) is 8.95. The van der Waals surface area contributed by atoms with Crippen LogP contribution in [0.2, 0.25) is 0 Å². The van der Waals surface area contributed by atoms with E-state index in [9.17, 15) is 18.3 Å². The largest absolute Gasteiger partial charge is 0.497 e. The molecule has 0 spiro atoms. The van der Waals surface area contributed by atoms with Crippen LogP contribution >= 0.6 is 0 Å². The van der Waals surface area contributed by atoms with Crippen LogP contribution < -0.4 is 4.74 Å². The van der Waals surface area contributed by atoms with E-state index >= 15 is 0 Å². The summed E-state index contributed by atoms with van der Waals surface area (Å²) in [4.78, 5) is 14.7.